The number of carbonyl (C=O) groups is 1. The van der Waals surface area contributed by atoms with Crippen molar-refractivity contribution in [1.82, 2.24) is 10.2 Å². The van der Waals surface area contributed by atoms with Gasteiger partial charge in [0.05, 0.1) is 13.2 Å². The van der Waals surface area contributed by atoms with E-state index in [2.05, 4.69) is 34.6 Å². The molecule has 1 aromatic rings. The quantitative estimate of drug-likeness (QED) is 0.717. The number of hydrogen-bond acceptors (Lipinski definition) is 4. The van der Waals surface area contributed by atoms with Crippen molar-refractivity contribution in [1.29, 1.82) is 0 Å². The summed E-state index contributed by atoms with van der Waals surface area (Å²) in [6, 6.07) is 8.56. The molecule has 0 spiro atoms. The van der Waals surface area contributed by atoms with Gasteiger partial charge in [-0.3, -0.25) is 9.69 Å². The van der Waals surface area contributed by atoms with E-state index in [1.165, 1.54) is 5.56 Å². The van der Waals surface area contributed by atoms with Crippen molar-refractivity contribution in [2.75, 3.05) is 45.2 Å². The van der Waals surface area contributed by atoms with E-state index in [0.29, 0.717) is 12.5 Å². The highest BCUT2D eigenvalue weighted by molar-refractivity contribution is 5.90. The second-order valence-corrected chi connectivity index (χ2v) is 5.70. The molecule has 1 heterocycles. The SMILES string of the molecule is CNCCCC(=O)Nc1ccc(C(C)N2CCOCC2)cc1.Cl.Cl. The fraction of sp³-hybridized carbons (Fsp3) is 0.588. The molecule has 138 valence electrons. The Labute approximate surface area is 157 Å². The first-order chi connectivity index (χ1) is 10.7. The molecule has 7 heteroatoms. The molecule has 0 saturated carbocycles. The fourth-order valence-electron chi connectivity index (χ4n) is 2.67. The molecule has 1 aliphatic rings. The van der Waals surface area contributed by atoms with E-state index < -0.39 is 0 Å². The summed E-state index contributed by atoms with van der Waals surface area (Å²) in [7, 11) is 1.90. The van der Waals surface area contributed by atoms with Crippen molar-refractivity contribution < 1.29 is 9.53 Å². The summed E-state index contributed by atoms with van der Waals surface area (Å²) in [5, 5.41) is 5.99. The lowest BCUT2D eigenvalue weighted by Crippen LogP contribution is -2.37. The lowest BCUT2D eigenvalue weighted by Gasteiger charge is -2.32. The molecule has 1 amide bonds. The summed E-state index contributed by atoms with van der Waals surface area (Å²) in [6.45, 7) is 6.66. The van der Waals surface area contributed by atoms with Gasteiger partial charge in [0, 0.05) is 31.2 Å². The van der Waals surface area contributed by atoms with Crippen LogP contribution in [-0.2, 0) is 9.53 Å². The second kappa shape index (κ2) is 12.5. The number of nitrogens with one attached hydrogen (secondary N) is 2. The molecule has 1 atom stereocenters. The van der Waals surface area contributed by atoms with Crippen molar-refractivity contribution in [2.24, 2.45) is 0 Å². The Bertz CT molecular complexity index is 465. The van der Waals surface area contributed by atoms with Gasteiger partial charge in [-0.05, 0) is 44.6 Å². The summed E-state index contributed by atoms with van der Waals surface area (Å²) < 4.78 is 5.40. The van der Waals surface area contributed by atoms with E-state index >= 15 is 0 Å². The maximum absolute atomic E-state index is 11.8. The highest BCUT2D eigenvalue weighted by Gasteiger charge is 2.18. The zero-order valence-electron chi connectivity index (χ0n) is 14.4. The molecule has 2 N–H and O–H groups in total. The molecule has 0 aliphatic carbocycles. The van der Waals surface area contributed by atoms with E-state index in [1.54, 1.807) is 0 Å². The third-order valence-corrected chi connectivity index (χ3v) is 4.10. The predicted octanol–water partition coefficient (Wildman–Crippen LogP) is 2.86. The first-order valence-corrected chi connectivity index (χ1v) is 8.07. The van der Waals surface area contributed by atoms with Gasteiger partial charge in [-0.25, -0.2) is 0 Å². The Morgan fingerprint density at radius 3 is 2.42 bits per heavy atom. The van der Waals surface area contributed by atoms with Crippen LogP contribution in [0.5, 0.6) is 0 Å². The molecule has 24 heavy (non-hydrogen) atoms. The van der Waals surface area contributed by atoms with Crippen LogP contribution in [0.2, 0.25) is 0 Å². The van der Waals surface area contributed by atoms with Gasteiger partial charge in [0.25, 0.3) is 0 Å². The molecular weight excluding hydrogens is 349 g/mol. The first-order valence-electron chi connectivity index (χ1n) is 8.07. The number of halogens is 2. The van der Waals surface area contributed by atoms with E-state index in [-0.39, 0.29) is 30.7 Å². The van der Waals surface area contributed by atoms with E-state index in [0.717, 1.165) is 45.0 Å². The average Bonchev–Trinajstić information content (AvgIpc) is 2.56. The number of benzene rings is 1. The van der Waals surface area contributed by atoms with E-state index in [9.17, 15) is 4.79 Å². The van der Waals surface area contributed by atoms with Crippen molar-refractivity contribution in [2.45, 2.75) is 25.8 Å². The van der Waals surface area contributed by atoms with E-state index in [1.807, 2.05) is 19.2 Å². The maximum atomic E-state index is 11.8. The number of carbonyl (C=O) groups excluding carboxylic acids is 1. The molecule has 1 unspecified atom stereocenters. The number of hydrogen-bond donors (Lipinski definition) is 2. The number of anilines is 1. The first kappa shape index (κ1) is 23.1. The summed E-state index contributed by atoms with van der Waals surface area (Å²) >= 11 is 0. The summed E-state index contributed by atoms with van der Waals surface area (Å²) in [5.41, 5.74) is 2.14. The molecule has 0 aromatic heterocycles. The van der Waals surface area contributed by atoms with Gasteiger partial charge in [0.2, 0.25) is 5.91 Å². The van der Waals surface area contributed by atoms with Gasteiger partial charge in [-0.2, -0.15) is 0 Å². The van der Waals surface area contributed by atoms with Gasteiger partial charge in [-0.15, -0.1) is 24.8 Å². The third kappa shape index (κ3) is 7.36. The second-order valence-electron chi connectivity index (χ2n) is 5.70. The highest BCUT2D eigenvalue weighted by Crippen LogP contribution is 2.22. The lowest BCUT2D eigenvalue weighted by molar-refractivity contribution is -0.116. The van der Waals surface area contributed by atoms with Gasteiger partial charge in [0.15, 0.2) is 0 Å². The number of nitrogens with zero attached hydrogens (tertiary/aromatic N) is 1. The maximum Gasteiger partial charge on any atom is 0.224 e. The van der Waals surface area contributed by atoms with Crippen LogP contribution < -0.4 is 10.6 Å². The Hall–Kier alpha value is -0.850. The minimum atomic E-state index is 0. The van der Waals surface area contributed by atoms with Crippen molar-refractivity contribution in [3.8, 4) is 0 Å². The standard InChI is InChI=1S/C17H27N3O2.2ClH/c1-14(20-10-12-22-13-11-20)15-5-7-16(8-6-15)19-17(21)4-3-9-18-2;;/h5-8,14,18H,3-4,9-13H2,1-2H3,(H,19,21);2*1H. The highest BCUT2D eigenvalue weighted by atomic mass is 35.5. The zero-order chi connectivity index (χ0) is 15.8. The van der Waals surface area contributed by atoms with E-state index in [4.69, 9.17) is 4.74 Å². The molecular formula is C17H29Cl2N3O2. The Balaban J connectivity index is 0.00000264. The Kier molecular flexibility index (Phi) is 12.1. The van der Waals surface area contributed by atoms with Crippen LogP contribution in [0.25, 0.3) is 0 Å². The molecule has 0 radical (unpaired) electrons. The van der Waals surface area contributed by atoms with Gasteiger partial charge >= 0.3 is 0 Å². The molecule has 0 bridgehead atoms. The van der Waals surface area contributed by atoms with Gasteiger partial charge in [0.1, 0.15) is 0 Å². The largest absolute Gasteiger partial charge is 0.379 e. The fourth-order valence-corrected chi connectivity index (χ4v) is 2.67. The van der Waals surface area contributed by atoms with Gasteiger partial charge in [-0.1, -0.05) is 12.1 Å². The summed E-state index contributed by atoms with van der Waals surface area (Å²) in [6.07, 6.45) is 1.40. The van der Waals surface area contributed by atoms with Crippen LogP contribution in [0.1, 0.15) is 31.4 Å². The number of ether oxygens (including phenoxy) is 1. The van der Waals surface area contributed by atoms with Crippen LogP contribution in [0.3, 0.4) is 0 Å². The zero-order valence-corrected chi connectivity index (χ0v) is 16.0. The lowest BCUT2D eigenvalue weighted by atomic mass is 10.1. The predicted molar refractivity (Wildman–Crippen MR) is 104 cm³/mol. The molecule has 1 aliphatic heterocycles. The van der Waals surface area contributed by atoms with Gasteiger partial charge < -0.3 is 15.4 Å². The van der Waals surface area contributed by atoms with Crippen LogP contribution in [0, 0.1) is 0 Å². The minimum absolute atomic E-state index is 0. The Morgan fingerprint density at radius 2 is 1.83 bits per heavy atom. The number of rotatable bonds is 7. The average molecular weight is 378 g/mol. The van der Waals surface area contributed by atoms with Crippen LogP contribution in [-0.4, -0.2) is 50.7 Å². The molecule has 5 nitrogen and oxygen atoms in total. The monoisotopic (exact) mass is 377 g/mol. The van der Waals surface area contributed by atoms with Crippen LogP contribution >= 0.6 is 24.8 Å². The molecule has 1 aromatic carbocycles. The van der Waals surface area contributed by atoms with Crippen LogP contribution in [0.4, 0.5) is 5.69 Å². The third-order valence-electron chi connectivity index (χ3n) is 4.10. The summed E-state index contributed by atoms with van der Waals surface area (Å²) in [4.78, 5) is 14.2. The molecule has 2 rings (SSSR count). The normalized spacial score (nSPS) is 15.8. The Morgan fingerprint density at radius 1 is 1.21 bits per heavy atom. The topological polar surface area (TPSA) is 53.6 Å². The number of morpholine rings is 1. The molecule has 1 fully saturated rings. The number of amides is 1. The van der Waals surface area contributed by atoms with Crippen molar-refractivity contribution in [3.05, 3.63) is 29.8 Å². The van der Waals surface area contributed by atoms with Crippen molar-refractivity contribution in [3.63, 3.8) is 0 Å². The van der Waals surface area contributed by atoms with Crippen LogP contribution in [0.15, 0.2) is 24.3 Å². The van der Waals surface area contributed by atoms with Crippen molar-refractivity contribution >= 4 is 36.4 Å². The smallest absolute Gasteiger partial charge is 0.224 e. The minimum Gasteiger partial charge on any atom is -0.379 e. The molecule has 1 saturated heterocycles. The summed E-state index contributed by atoms with van der Waals surface area (Å²) in [5.74, 6) is 0.0734.